The molecule has 0 atom stereocenters. The third-order valence-corrected chi connectivity index (χ3v) is 3.86. The SMILES string of the molecule is Cc1nc(-c2ccc(OC(=O)C(C)(C)c3ccccc3)cc2)no1. The molecule has 0 radical (unpaired) electrons. The van der Waals surface area contributed by atoms with Crippen LogP contribution in [0.1, 0.15) is 25.3 Å². The Balaban J connectivity index is 1.75. The normalized spacial score (nSPS) is 11.3. The van der Waals surface area contributed by atoms with Crippen LogP contribution in [0, 0.1) is 6.92 Å². The lowest BCUT2D eigenvalue weighted by molar-refractivity contribution is -0.139. The highest BCUT2D eigenvalue weighted by atomic mass is 16.5. The van der Waals surface area contributed by atoms with Crippen LogP contribution < -0.4 is 4.74 Å². The highest BCUT2D eigenvalue weighted by Crippen LogP contribution is 2.27. The first-order chi connectivity index (χ1) is 11.5. The third kappa shape index (κ3) is 3.20. The molecule has 0 aliphatic rings. The fourth-order valence-corrected chi connectivity index (χ4v) is 2.30. The summed E-state index contributed by atoms with van der Waals surface area (Å²) in [5, 5.41) is 3.86. The Bertz CT molecular complexity index is 837. The molecule has 3 rings (SSSR count). The van der Waals surface area contributed by atoms with Crippen LogP contribution >= 0.6 is 0 Å². The van der Waals surface area contributed by atoms with Crippen LogP contribution in [0.4, 0.5) is 0 Å². The number of esters is 1. The summed E-state index contributed by atoms with van der Waals surface area (Å²) in [4.78, 5) is 16.7. The van der Waals surface area contributed by atoms with E-state index in [1.165, 1.54) is 0 Å². The third-order valence-electron chi connectivity index (χ3n) is 3.86. The van der Waals surface area contributed by atoms with Crippen molar-refractivity contribution >= 4 is 5.97 Å². The lowest BCUT2D eigenvalue weighted by atomic mass is 9.85. The van der Waals surface area contributed by atoms with E-state index in [1.54, 1.807) is 31.2 Å². The molecule has 0 aliphatic carbocycles. The second-order valence-corrected chi connectivity index (χ2v) is 6.04. The predicted molar refractivity (Wildman–Crippen MR) is 89.6 cm³/mol. The molecule has 0 saturated heterocycles. The van der Waals surface area contributed by atoms with Crippen LogP contribution in [-0.4, -0.2) is 16.1 Å². The second-order valence-electron chi connectivity index (χ2n) is 6.04. The van der Waals surface area contributed by atoms with Crippen LogP contribution in [0.2, 0.25) is 0 Å². The van der Waals surface area contributed by atoms with Gasteiger partial charge in [-0.2, -0.15) is 4.98 Å². The van der Waals surface area contributed by atoms with Crippen molar-refractivity contribution in [1.29, 1.82) is 0 Å². The van der Waals surface area contributed by atoms with E-state index in [0.717, 1.165) is 11.1 Å². The summed E-state index contributed by atoms with van der Waals surface area (Å²) in [7, 11) is 0. The largest absolute Gasteiger partial charge is 0.426 e. The van der Waals surface area contributed by atoms with E-state index in [-0.39, 0.29) is 5.97 Å². The zero-order chi connectivity index (χ0) is 17.2. The number of nitrogens with zero attached hydrogens (tertiary/aromatic N) is 2. The average molecular weight is 322 g/mol. The molecule has 1 aromatic heterocycles. The van der Waals surface area contributed by atoms with Gasteiger partial charge in [-0.05, 0) is 43.7 Å². The molecule has 0 amide bonds. The van der Waals surface area contributed by atoms with Crippen molar-refractivity contribution < 1.29 is 14.1 Å². The molecule has 24 heavy (non-hydrogen) atoms. The van der Waals surface area contributed by atoms with E-state index in [0.29, 0.717) is 17.5 Å². The number of carbonyl (C=O) groups excluding carboxylic acids is 1. The van der Waals surface area contributed by atoms with Crippen LogP contribution in [0.15, 0.2) is 59.1 Å². The van der Waals surface area contributed by atoms with Crippen molar-refractivity contribution in [2.24, 2.45) is 0 Å². The summed E-state index contributed by atoms with van der Waals surface area (Å²) in [5.41, 5.74) is 0.980. The van der Waals surface area contributed by atoms with Crippen LogP contribution in [0.3, 0.4) is 0 Å². The number of ether oxygens (including phenoxy) is 1. The molecular weight excluding hydrogens is 304 g/mol. The highest BCUT2D eigenvalue weighted by Gasteiger charge is 2.31. The molecule has 0 aliphatic heterocycles. The Labute approximate surface area is 140 Å². The Morgan fingerprint density at radius 1 is 1.04 bits per heavy atom. The molecule has 5 nitrogen and oxygen atoms in total. The molecule has 1 heterocycles. The van der Waals surface area contributed by atoms with E-state index in [4.69, 9.17) is 9.26 Å². The summed E-state index contributed by atoms with van der Waals surface area (Å²) < 4.78 is 10.5. The van der Waals surface area contributed by atoms with E-state index >= 15 is 0 Å². The summed E-state index contributed by atoms with van der Waals surface area (Å²) in [6, 6.07) is 16.6. The Kier molecular flexibility index (Phi) is 4.16. The molecule has 122 valence electrons. The molecule has 0 saturated carbocycles. The average Bonchev–Trinajstić information content (AvgIpc) is 3.03. The standard InChI is InChI=1S/C19H18N2O3/c1-13-20-17(21-24-13)14-9-11-16(12-10-14)23-18(22)19(2,3)15-7-5-4-6-8-15/h4-12H,1-3H3. The van der Waals surface area contributed by atoms with E-state index < -0.39 is 5.41 Å². The maximum Gasteiger partial charge on any atom is 0.321 e. The molecule has 0 fully saturated rings. The summed E-state index contributed by atoms with van der Waals surface area (Å²) in [6.45, 7) is 5.43. The zero-order valence-corrected chi connectivity index (χ0v) is 13.8. The van der Waals surface area contributed by atoms with Gasteiger partial charge in [0.05, 0.1) is 5.41 Å². The van der Waals surface area contributed by atoms with Gasteiger partial charge in [-0.15, -0.1) is 0 Å². The number of aromatic nitrogens is 2. The fraction of sp³-hybridized carbons (Fsp3) is 0.211. The van der Waals surface area contributed by atoms with Crippen molar-refractivity contribution in [2.75, 3.05) is 0 Å². The number of hydrogen-bond donors (Lipinski definition) is 0. The lowest BCUT2D eigenvalue weighted by Gasteiger charge is -2.22. The number of aryl methyl sites for hydroxylation is 1. The van der Waals surface area contributed by atoms with Crippen molar-refractivity contribution in [3.63, 3.8) is 0 Å². The zero-order valence-electron chi connectivity index (χ0n) is 13.8. The van der Waals surface area contributed by atoms with Gasteiger partial charge in [-0.1, -0.05) is 35.5 Å². The van der Waals surface area contributed by atoms with Crippen LogP contribution in [0.5, 0.6) is 5.75 Å². The first-order valence-electron chi connectivity index (χ1n) is 7.65. The van der Waals surface area contributed by atoms with E-state index in [9.17, 15) is 4.79 Å². The quantitative estimate of drug-likeness (QED) is 0.538. The second kappa shape index (κ2) is 6.28. The van der Waals surface area contributed by atoms with Gasteiger partial charge in [0.25, 0.3) is 0 Å². The Hall–Kier alpha value is -2.95. The maximum absolute atomic E-state index is 12.5. The number of hydrogen-bond acceptors (Lipinski definition) is 5. The molecule has 0 spiro atoms. The number of carbonyl (C=O) groups is 1. The minimum atomic E-state index is -0.731. The van der Waals surface area contributed by atoms with Gasteiger partial charge in [-0.3, -0.25) is 4.79 Å². The first-order valence-corrected chi connectivity index (χ1v) is 7.65. The van der Waals surface area contributed by atoms with E-state index in [2.05, 4.69) is 10.1 Å². The Morgan fingerprint density at radius 2 is 1.71 bits per heavy atom. The maximum atomic E-state index is 12.5. The fourth-order valence-electron chi connectivity index (χ4n) is 2.30. The van der Waals surface area contributed by atoms with Gasteiger partial charge in [0.1, 0.15) is 5.75 Å². The van der Waals surface area contributed by atoms with Crippen molar-refractivity contribution in [2.45, 2.75) is 26.2 Å². The van der Waals surface area contributed by atoms with Gasteiger partial charge in [-0.25, -0.2) is 0 Å². The van der Waals surface area contributed by atoms with Gasteiger partial charge >= 0.3 is 5.97 Å². The number of rotatable bonds is 4. The molecule has 0 unspecified atom stereocenters. The molecule has 5 heteroatoms. The summed E-state index contributed by atoms with van der Waals surface area (Å²) in [6.07, 6.45) is 0. The number of benzene rings is 2. The molecule has 2 aromatic carbocycles. The predicted octanol–water partition coefficient (Wildman–Crippen LogP) is 3.93. The van der Waals surface area contributed by atoms with Crippen molar-refractivity contribution in [3.05, 3.63) is 66.1 Å². The molecule has 0 N–H and O–H groups in total. The summed E-state index contributed by atoms with van der Waals surface area (Å²) in [5.74, 6) is 1.19. The van der Waals surface area contributed by atoms with Crippen molar-refractivity contribution in [1.82, 2.24) is 10.1 Å². The minimum absolute atomic E-state index is 0.308. The van der Waals surface area contributed by atoms with E-state index in [1.807, 2.05) is 44.2 Å². The molecule has 3 aromatic rings. The lowest BCUT2D eigenvalue weighted by Crippen LogP contribution is -2.33. The first kappa shape index (κ1) is 15.9. The summed E-state index contributed by atoms with van der Waals surface area (Å²) >= 11 is 0. The minimum Gasteiger partial charge on any atom is -0.426 e. The molecule has 0 bridgehead atoms. The van der Waals surface area contributed by atoms with Gasteiger partial charge in [0, 0.05) is 12.5 Å². The monoisotopic (exact) mass is 322 g/mol. The van der Waals surface area contributed by atoms with Crippen LogP contribution in [-0.2, 0) is 10.2 Å². The van der Waals surface area contributed by atoms with Gasteiger partial charge in [0.2, 0.25) is 11.7 Å². The van der Waals surface area contributed by atoms with Gasteiger partial charge in [0.15, 0.2) is 0 Å². The Morgan fingerprint density at radius 3 is 2.29 bits per heavy atom. The topological polar surface area (TPSA) is 65.2 Å². The van der Waals surface area contributed by atoms with Crippen LogP contribution in [0.25, 0.3) is 11.4 Å². The smallest absolute Gasteiger partial charge is 0.321 e. The highest BCUT2D eigenvalue weighted by molar-refractivity contribution is 5.84. The van der Waals surface area contributed by atoms with Crippen molar-refractivity contribution in [3.8, 4) is 17.1 Å². The molecular formula is C19H18N2O3. The van der Waals surface area contributed by atoms with Gasteiger partial charge < -0.3 is 9.26 Å².